The van der Waals surface area contributed by atoms with Gasteiger partial charge in [0.25, 0.3) is 0 Å². The fourth-order valence-corrected chi connectivity index (χ4v) is 1.84. The van der Waals surface area contributed by atoms with Crippen LogP contribution in [0.15, 0.2) is 30.6 Å². The first kappa shape index (κ1) is 13.4. The molecule has 1 aromatic carbocycles. The molecule has 100 valence electrons. The zero-order valence-corrected chi connectivity index (χ0v) is 10.8. The largest absolute Gasteiger partial charge is 0.478 e. The summed E-state index contributed by atoms with van der Waals surface area (Å²) >= 11 is 5.86. The van der Waals surface area contributed by atoms with E-state index in [9.17, 15) is 4.79 Å². The van der Waals surface area contributed by atoms with Crippen molar-refractivity contribution in [2.45, 2.75) is 13.0 Å². The average Bonchev–Trinajstić information content (AvgIpc) is 2.87. The highest BCUT2D eigenvalue weighted by Crippen LogP contribution is 2.21. The Morgan fingerprint density at radius 2 is 2.32 bits per heavy atom. The minimum Gasteiger partial charge on any atom is -0.478 e. The summed E-state index contributed by atoms with van der Waals surface area (Å²) in [5.41, 5.74) is 0.740. The highest BCUT2D eigenvalue weighted by Gasteiger charge is 2.09. The molecule has 0 bridgehead atoms. The topological polar surface area (TPSA) is 80.0 Å². The lowest BCUT2D eigenvalue weighted by Gasteiger charge is -2.09. The molecular weight excluding hydrogens is 268 g/mol. The molecule has 0 amide bonds. The van der Waals surface area contributed by atoms with E-state index in [0.29, 0.717) is 17.3 Å². The molecule has 0 aliphatic rings. The average molecular weight is 281 g/mol. The van der Waals surface area contributed by atoms with Gasteiger partial charge in [-0.3, -0.25) is 4.68 Å². The summed E-state index contributed by atoms with van der Waals surface area (Å²) in [5.74, 6) is -0.976. The summed E-state index contributed by atoms with van der Waals surface area (Å²) in [5, 5.41) is 20.2. The number of aryl methyl sites for hydroxylation is 1. The summed E-state index contributed by atoms with van der Waals surface area (Å²) < 4.78 is 1.72. The fourth-order valence-electron chi connectivity index (χ4n) is 1.67. The second kappa shape index (κ2) is 6.19. The number of carbonyl (C=O) groups is 1. The Hall–Kier alpha value is -2.08. The number of anilines is 1. The summed E-state index contributed by atoms with van der Waals surface area (Å²) in [6.07, 6.45) is 4.20. The van der Waals surface area contributed by atoms with E-state index in [1.54, 1.807) is 29.2 Å². The maximum Gasteiger partial charge on any atom is 0.337 e. The van der Waals surface area contributed by atoms with E-state index in [2.05, 4.69) is 15.6 Å². The molecule has 0 unspecified atom stereocenters. The van der Waals surface area contributed by atoms with Crippen molar-refractivity contribution >= 4 is 23.3 Å². The standard InChI is InChI=1S/C12H13ClN4O2/c13-9-2-3-10(12(18)19)11(8-9)14-4-1-6-17-7-5-15-16-17/h2-3,5,7-8,14H,1,4,6H2,(H,18,19). The Morgan fingerprint density at radius 1 is 1.47 bits per heavy atom. The van der Waals surface area contributed by atoms with Gasteiger partial charge in [-0.05, 0) is 24.6 Å². The molecular formula is C12H13ClN4O2. The predicted molar refractivity (Wildman–Crippen MR) is 71.5 cm³/mol. The molecule has 19 heavy (non-hydrogen) atoms. The van der Waals surface area contributed by atoms with E-state index in [1.165, 1.54) is 6.07 Å². The van der Waals surface area contributed by atoms with Crippen LogP contribution in [0.25, 0.3) is 0 Å². The van der Waals surface area contributed by atoms with E-state index < -0.39 is 5.97 Å². The van der Waals surface area contributed by atoms with E-state index in [0.717, 1.165) is 13.0 Å². The molecule has 0 saturated carbocycles. The summed E-state index contributed by atoms with van der Waals surface area (Å²) in [7, 11) is 0. The number of nitrogens with one attached hydrogen (secondary N) is 1. The first-order valence-corrected chi connectivity index (χ1v) is 6.15. The monoisotopic (exact) mass is 280 g/mol. The minimum atomic E-state index is -0.976. The van der Waals surface area contributed by atoms with Gasteiger partial charge in [0.2, 0.25) is 0 Å². The predicted octanol–water partition coefficient (Wildman–Crippen LogP) is 2.13. The van der Waals surface area contributed by atoms with Crippen molar-refractivity contribution in [1.82, 2.24) is 15.0 Å². The Balaban J connectivity index is 1.91. The number of carboxylic acid groups (broad SMARTS) is 1. The Bertz CT molecular complexity index is 557. The molecule has 0 fully saturated rings. The molecule has 0 saturated heterocycles. The fraction of sp³-hybridized carbons (Fsp3) is 0.250. The molecule has 0 atom stereocenters. The van der Waals surface area contributed by atoms with Gasteiger partial charge in [0.15, 0.2) is 0 Å². The molecule has 2 N–H and O–H groups in total. The van der Waals surface area contributed by atoms with Crippen LogP contribution in [0.5, 0.6) is 0 Å². The first-order chi connectivity index (χ1) is 9.16. The van der Waals surface area contributed by atoms with E-state index in [1.807, 2.05) is 0 Å². The Kier molecular flexibility index (Phi) is 4.35. The molecule has 6 nitrogen and oxygen atoms in total. The SMILES string of the molecule is O=C(O)c1ccc(Cl)cc1NCCCn1ccnn1. The van der Waals surface area contributed by atoms with Gasteiger partial charge in [-0.2, -0.15) is 0 Å². The molecule has 0 aliphatic carbocycles. The number of hydrogen-bond acceptors (Lipinski definition) is 4. The number of benzene rings is 1. The van der Waals surface area contributed by atoms with Gasteiger partial charge in [-0.15, -0.1) is 5.10 Å². The van der Waals surface area contributed by atoms with Crippen LogP contribution in [0, 0.1) is 0 Å². The summed E-state index contributed by atoms with van der Waals surface area (Å²) in [4.78, 5) is 11.0. The van der Waals surface area contributed by atoms with Crippen molar-refractivity contribution < 1.29 is 9.90 Å². The van der Waals surface area contributed by atoms with Crippen LogP contribution < -0.4 is 5.32 Å². The van der Waals surface area contributed by atoms with Crippen molar-refractivity contribution in [3.05, 3.63) is 41.2 Å². The van der Waals surface area contributed by atoms with Crippen LogP contribution in [0.3, 0.4) is 0 Å². The van der Waals surface area contributed by atoms with Gasteiger partial charge in [-0.25, -0.2) is 4.79 Å². The van der Waals surface area contributed by atoms with Crippen molar-refractivity contribution in [3.63, 3.8) is 0 Å². The second-order valence-electron chi connectivity index (χ2n) is 3.94. The molecule has 0 radical (unpaired) electrons. The molecule has 2 rings (SSSR count). The molecule has 7 heteroatoms. The lowest BCUT2D eigenvalue weighted by molar-refractivity contribution is 0.0698. The van der Waals surface area contributed by atoms with Gasteiger partial charge in [-0.1, -0.05) is 16.8 Å². The first-order valence-electron chi connectivity index (χ1n) is 5.77. The Morgan fingerprint density at radius 3 is 3.00 bits per heavy atom. The molecule has 1 aromatic heterocycles. The molecule has 0 spiro atoms. The van der Waals surface area contributed by atoms with Gasteiger partial charge in [0.05, 0.1) is 17.4 Å². The number of nitrogens with zero attached hydrogens (tertiary/aromatic N) is 3. The van der Waals surface area contributed by atoms with Crippen LogP contribution in [0.1, 0.15) is 16.8 Å². The van der Waals surface area contributed by atoms with Crippen molar-refractivity contribution in [2.75, 3.05) is 11.9 Å². The zero-order valence-electron chi connectivity index (χ0n) is 10.1. The third-order valence-electron chi connectivity index (χ3n) is 2.56. The number of aromatic nitrogens is 3. The summed E-state index contributed by atoms with van der Waals surface area (Å²) in [6.45, 7) is 1.34. The number of hydrogen-bond donors (Lipinski definition) is 2. The van der Waals surface area contributed by atoms with Gasteiger partial charge in [0, 0.05) is 24.3 Å². The minimum absolute atomic E-state index is 0.213. The van der Waals surface area contributed by atoms with E-state index in [4.69, 9.17) is 16.7 Å². The van der Waals surface area contributed by atoms with Gasteiger partial charge >= 0.3 is 5.97 Å². The van der Waals surface area contributed by atoms with E-state index >= 15 is 0 Å². The third-order valence-corrected chi connectivity index (χ3v) is 2.80. The van der Waals surface area contributed by atoms with E-state index in [-0.39, 0.29) is 5.56 Å². The number of rotatable bonds is 6. The van der Waals surface area contributed by atoms with Crippen molar-refractivity contribution in [3.8, 4) is 0 Å². The maximum atomic E-state index is 11.0. The molecule has 1 heterocycles. The zero-order chi connectivity index (χ0) is 13.7. The van der Waals surface area contributed by atoms with Crippen molar-refractivity contribution in [1.29, 1.82) is 0 Å². The van der Waals surface area contributed by atoms with Crippen LogP contribution in [0.2, 0.25) is 5.02 Å². The third kappa shape index (κ3) is 3.69. The van der Waals surface area contributed by atoms with Gasteiger partial charge in [0.1, 0.15) is 0 Å². The lowest BCUT2D eigenvalue weighted by atomic mass is 10.2. The van der Waals surface area contributed by atoms with Crippen LogP contribution in [0.4, 0.5) is 5.69 Å². The number of carboxylic acids is 1. The number of aromatic carboxylic acids is 1. The lowest BCUT2D eigenvalue weighted by Crippen LogP contribution is -2.10. The van der Waals surface area contributed by atoms with Gasteiger partial charge < -0.3 is 10.4 Å². The molecule has 0 aliphatic heterocycles. The number of halogens is 1. The Labute approximate surface area is 115 Å². The maximum absolute atomic E-state index is 11.0. The normalized spacial score (nSPS) is 10.4. The second-order valence-corrected chi connectivity index (χ2v) is 4.38. The summed E-state index contributed by atoms with van der Waals surface area (Å²) in [6, 6.07) is 4.66. The van der Waals surface area contributed by atoms with Crippen LogP contribution >= 0.6 is 11.6 Å². The molecule has 2 aromatic rings. The van der Waals surface area contributed by atoms with Crippen LogP contribution in [-0.2, 0) is 6.54 Å². The highest BCUT2D eigenvalue weighted by atomic mass is 35.5. The highest BCUT2D eigenvalue weighted by molar-refractivity contribution is 6.31. The smallest absolute Gasteiger partial charge is 0.337 e. The van der Waals surface area contributed by atoms with Crippen LogP contribution in [-0.4, -0.2) is 32.6 Å². The van der Waals surface area contributed by atoms with Crippen molar-refractivity contribution in [2.24, 2.45) is 0 Å². The quantitative estimate of drug-likeness (QED) is 0.793.